The molecule has 13 heavy (non-hydrogen) atoms. The molecule has 0 aromatic heterocycles. The molecule has 0 aromatic rings. The molecule has 0 aromatic carbocycles. The lowest BCUT2D eigenvalue weighted by Gasteiger charge is -2.27. The average molecular weight is 186 g/mol. The fraction of sp³-hybridized carbons (Fsp3) is 0.900. The van der Waals surface area contributed by atoms with Crippen LogP contribution in [0.25, 0.3) is 0 Å². The molecule has 0 bridgehead atoms. The topological polar surface area (TPSA) is 55.1 Å². The zero-order valence-corrected chi connectivity index (χ0v) is 9.35. The highest BCUT2D eigenvalue weighted by Crippen LogP contribution is 2.24. The minimum absolute atomic E-state index is 0.0731. The van der Waals surface area contributed by atoms with Gasteiger partial charge in [0.1, 0.15) is 0 Å². The van der Waals surface area contributed by atoms with E-state index in [0.29, 0.717) is 12.5 Å². The molecule has 0 fully saturated rings. The van der Waals surface area contributed by atoms with Crippen LogP contribution in [0.3, 0.4) is 0 Å². The molecule has 78 valence electrons. The highest BCUT2D eigenvalue weighted by atomic mass is 16.2. The first-order valence-corrected chi connectivity index (χ1v) is 4.78. The van der Waals surface area contributed by atoms with Crippen molar-refractivity contribution in [3.8, 4) is 0 Å². The molecule has 0 aliphatic heterocycles. The highest BCUT2D eigenvalue weighted by Gasteiger charge is 2.20. The van der Waals surface area contributed by atoms with Crippen molar-refractivity contribution in [3.63, 3.8) is 0 Å². The van der Waals surface area contributed by atoms with Gasteiger partial charge in [0.25, 0.3) is 0 Å². The van der Waals surface area contributed by atoms with Crippen LogP contribution in [0, 0.1) is 11.3 Å². The van der Waals surface area contributed by atoms with Gasteiger partial charge in [-0.15, -0.1) is 0 Å². The molecule has 3 heteroatoms. The third kappa shape index (κ3) is 4.88. The van der Waals surface area contributed by atoms with Crippen LogP contribution in [0.15, 0.2) is 0 Å². The van der Waals surface area contributed by atoms with Gasteiger partial charge in [-0.05, 0) is 18.3 Å². The maximum Gasteiger partial charge on any atom is 0.236 e. The molecule has 0 saturated heterocycles. The van der Waals surface area contributed by atoms with Crippen molar-refractivity contribution in [1.29, 1.82) is 0 Å². The molecule has 1 amide bonds. The monoisotopic (exact) mass is 186 g/mol. The molecule has 0 saturated carbocycles. The summed E-state index contributed by atoms with van der Waals surface area (Å²) in [7, 11) is 0. The predicted molar refractivity (Wildman–Crippen MR) is 55.3 cm³/mol. The van der Waals surface area contributed by atoms with Crippen LogP contribution in [0.5, 0.6) is 0 Å². The maximum absolute atomic E-state index is 11.1. The first-order valence-electron chi connectivity index (χ1n) is 4.78. The Bertz CT molecular complexity index is 170. The summed E-state index contributed by atoms with van der Waals surface area (Å²) >= 11 is 0. The van der Waals surface area contributed by atoms with Crippen LogP contribution >= 0.6 is 0 Å². The second kappa shape index (κ2) is 4.61. The summed E-state index contributed by atoms with van der Waals surface area (Å²) in [5.41, 5.74) is 5.65. The Morgan fingerprint density at radius 2 is 1.85 bits per heavy atom. The summed E-state index contributed by atoms with van der Waals surface area (Å²) in [5, 5.41) is 2.82. The Morgan fingerprint density at radius 1 is 1.38 bits per heavy atom. The quantitative estimate of drug-likeness (QED) is 0.694. The third-order valence-corrected chi connectivity index (χ3v) is 2.47. The minimum Gasteiger partial charge on any atom is -0.354 e. The Balaban J connectivity index is 3.84. The Labute approximate surface area is 81.1 Å². The number of rotatable bonds is 3. The summed E-state index contributed by atoms with van der Waals surface area (Å²) in [4.78, 5) is 11.1. The van der Waals surface area contributed by atoms with E-state index in [9.17, 15) is 4.79 Å². The number of nitrogens with one attached hydrogen (secondary N) is 1. The average Bonchev–Trinajstić information content (AvgIpc) is 1.97. The van der Waals surface area contributed by atoms with Gasteiger partial charge in [-0.2, -0.15) is 0 Å². The number of hydrogen-bond donors (Lipinski definition) is 2. The van der Waals surface area contributed by atoms with Crippen molar-refractivity contribution in [2.75, 3.05) is 6.54 Å². The van der Waals surface area contributed by atoms with Gasteiger partial charge in [-0.1, -0.05) is 27.7 Å². The molecular formula is C10H22N2O. The van der Waals surface area contributed by atoms with E-state index >= 15 is 0 Å². The van der Waals surface area contributed by atoms with Gasteiger partial charge in [-0.3, -0.25) is 4.79 Å². The van der Waals surface area contributed by atoms with E-state index in [1.807, 2.05) is 0 Å². The normalized spacial score (nSPS) is 16.5. The zero-order valence-electron chi connectivity index (χ0n) is 9.35. The van der Waals surface area contributed by atoms with Crippen LogP contribution in [0.4, 0.5) is 0 Å². The van der Waals surface area contributed by atoms with E-state index in [2.05, 4.69) is 33.0 Å². The standard InChI is InChI=1S/C10H22N2O/c1-7(10(3,4)5)6-12-9(13)8(2)11/h7-8H,6,11H2,1-5H3,(H,12,13)/t7?,8-/m1/s1. The van der Waals surface area contributed by atoms with Crippen LogP contribution in [-0.2, 0) is 4.79 Å². The van der Waals surface area contributed by atoms with Gasteiger partial charge in [0.2, 0.25) is 5.91 Å². The first-order chi connectivity index (χ1) is 5.75. The van der Waals surface area contributed by atoms with Crippen molar-refractivity contribution in [2.45, 2.75) is 40.7 Å². The predicted octanol–water partition coefficient (Wildman–Crippen LogP) is 1.13. The molecule has 3 nitrogen and oxygen atoms in total. The molecular weight excluding hydrogens is 164 g/mol. The molecule has 2 atom stereocenters. The lowest BCUT2D eigenvalue weighted by Crippen LogP contribution is -2.41. The number of hydrogen-bond acceptors (Lipinski definition) is 2. The Kier molecular flexibility index (Phi) is 4.40. The second-order valence-electron chi connectivity index (χ2n) is 4.80. The second-order valence-corrected chi connectivity index (χ2v) is 4.80. The lowest BCUT2D eigenvalue weighted by molar-refractivity contribution is -0.122. The van der Waals surface area contributed by atoms with Crippen LogP contribution in [0.1, 0.15) is 34.6 Å². The Hall–Kier alpha value is -0.570. The molecule has 0 rings (SSSR count). The van der Waals surface area contributed by atoms with Crippen LogP contribution < -0.4 is 11.1 Å². The minimum atomic E-state index is -0.410. The van der Waals surface area contributed by atoms with Crippen molar-refractivity contribution in [1.82, 2.24) is 5.32 Å². The summed E-state index contributed by atoms with van der Waals surface area (Å²) in [6.45, 7) is 11.0. The van der Waals surface area contributed by atoms with Crippen molar-refractivity contribution in [2.24, 2.45) is 17.1 Å². The van der Waals surface area contributed by atoms with Crippen molar-refractivity contribution < 1.29 is 4.79 Å². The first kappa shape index (κ1) is 12.4. The zero-order chi connectivity index (χ0) is 10.6. The fourth-order valence-electron chi connectivity index (χ4n) is 0.721. The molecule has 0 spiro atoms. The maximum atomic E-state index is 11.1. The van der Waals surface area contributed by atoms with Gasteiger partial charge in [0.05, 0.1) is 6.04 Å². The lowest BCUT2D eigenvalue weighted by atomic mass is 9.82. The van der Waals surface area contributed by atoms with E-state index in [4.69, 9.17) is 5.73 Å². The van der Waals surface area contributed by atoms with E-state index in [1.54, 1.807) is 6.92 Å². The van der Waals surface area contributed by atoms with E-state index in [1.165, 1.54) is 0 Å². The summed E-state index contributed by atoms with van der Waals surface area (Å²) in [6.07, 6.45) is 0. The van der Waals surface area contributed by atoms with E-state index < -0.39 is 6.04 Å². The molecule has 3 N–H and O–H groups in total. The number of amides is 1. The van der Waals surface area contributed by atoms with Gasteiger partial charge < -0.3 is 11.1 Å². The summed E-state index contributed by atoms with van der Waals surface area (Å²) < 4.78 is 0. The highest BCUT2D eigenvalue weighted by molar-refractivity contribution is 5.80. The largest absolute Gasteiger partial charge is 0.354 e. The molecule has 0 aliphatic carbocycles. The van der Waals surface area contributed by atoms with Crippen LogP contribution in [0.2, 0.25) is 0 Å². The van der Waals surface area contributed by atoms with E-state index in [-0.39, 0.29) is 11.3 Å². The van der Waals surface area contributed by atoms with E-state index in [0.717, 1.165) is 0 Å². The van der Waals surface area contributed by atoms with Gasteiger partial charge in [0, 0.05) is 6.54 Å². The third-order valence-electron chi connectivity index (χ3n) is 2.47. The number of carbonyl (C=O) groups excluding carboxylic acids is 1. The Morgan fingerprint density at radius 3 is 2.15 bits per heavy atom. The number of nitrogens with two attached hydrogens (primary N) is 1. The van der Waals surface area contributed by atoms with Gasteiger partial charge in [0.15, 0.2) is 0 Å². The fourth-order valence-corrected chi connectivity index (χ4v) is 0.721. The molecule has 1 unspecified atom stereocenters. The van der Waals surface area contributed by atoms with Gasteiger partial charge in [-0.25, -0.2) is 0 Å². The SMILES string of the molecule is CC(CNC(=O)[C@@H](C)N)C(C)(C)C. The molecule has 0 radical (unpaired) electrons. The molecule has 0 heterocycles. The molecule has 0 aliphatic rings. The van der Waals surface area contributed by atoms with Gasteiger partial charge >= 0.3 is 0 Å². The summed E-state index contributed by atoms with van der Waals surface area (Å²) in [5.74, 6) is 0.381. The summed E-state index contributed by atoms with van der Waals surface area (Å²) in [6, 6.07) is -0.410. The van der Waals surface area contributed by atoms with Crippen LogP contribution in [-0.4, -0.2) is 18.5 Å². The smallest absolute Gasteiger partial charge is 0.236 e. The van der Waals surface area contributed by atoms with Crippen molar-refractivity contribution in [3.05, 3.63) is 0 Å². The number of carbonyl (C=O) groups is 1. The van der Waals surface area contributed by atoms with Crippen molar-refractivity contribution >= 4 is 5.91 Å².